The van der Waals surface area contributed by atoms with Crippen LogP contribution in [0.15, 0.2) is 42.5 Å². The van der Waals surface area contributed by atoms with Crippen molar-refractivity contribution in [2.75, 3.05) is 7.11 Å². The zero-order chi connectivity index (χ0) is 16.9. The van der Waals surface area contributed by atoms with Crippen molar-refractivity contribution in [3.8, 4) is 17.1 Å². The number of aromatic nitrogens is 4. The average molecular weight is 344 g/mol. The predicted octanol–water partition coefficient (Wildman–Crippen LogP) is 2.46. The molecule has 0 radical (unpaired) electrons. The molecule has 24 heavy (non-hydrogen) atoms. The summed E-state index contributed by atoms with van der Waals surface area (Å²) in [5.41, 5.74) is 1.10. The molecule has 0 saturated carbocycles. The third-order valence-electron chi connectivity index (χ3n) is 3.24. The number of aromatic amines is 1. The summed E-state index contributed by atoms with van der Waals surface area (Å²) in [4.78, 5) is 20.3. The molecule has 122 valence electrons. The van der Waals surface area contributed by atoms with Crippen LogP contribution in [0.4, 0.5) is 0 Å². The molecule has 0 atom stereocenters. The van der Waals surface area contributed by atoms with Gasteiger partial charge in [-0.05, 0) is 36.4 Å². The van der Waals surface area contributed by atoms with Gasteiger partial charge in [-0.2, -0.15) is 5.10 Å². The van der Waals surface area contributed by atoms with Crippen molar-refractivity contribution in [3.63, 3.8) is 0 Å². The third-order valence-corrected chi connectivity index (χ3v) is 3.45. The molecule has 8 heteroatoms. The minimum Gasteiger partial charge on any atom is -0.497 e. The van der Waals surface area contributed by atoms with Gasteiger partial charge in [0, 0.05) is 5.56 Å². The van der Waals surface area contributed by atoms with Crippen molar-refractivity contribution < 1.29 is 9.53 Å². The van der Waals surface area contributed by atoms with Crippen molar-refractivity contribution in [2.45, 2.75) is 6.54 Å². The van der Waals surface area contributed by atoms with E-state index in [1.807, 2.05) is 24.3 Å². The molecule has 0 aliphatic carbocycles. The highest BCUT2D eigenvalue weighted by Crippen LogP contribution is 2.18. The van der Waals surface area contributed by atoms with E-state index in [2.05, 4.69) is 25.5 Å². The maximum atomic E-state index is 12.0. The molecule has 2 aromatic heterocycles. The number of H-pyrrole nitrogens is 1. The van der Waals surface area contributed by atoms with E-state index < -0.39 is 0 Å². The Morgan fingerprint density at radius 1 is 1.21 bits per heavy atom. The third kappa shape index (κ3) is 3.69. The second-order valence-electron chi connectivity index (χ2n) is 4.86. The number of benzene rings is 1. The maximum Gasteiger partial charge on any atom is 0.270 e. The number of amides is 1. The van der Waals surface area contributed by atoms with Crippen LogP contribution in [0.25, 0.3) is 11.4 Å². The summed E-state index contributed by atoms with van der Waals surface area (Å²) in [6.45, 7) is 0.205. The zero-order valence-corrected chi connectivity index (χ0v) is 13.5. The Bertz CT molecular complexity index is 848. The number of methoxy groups -OCH3 is 1. The molecule has 3 rings (SSSR count). The SMILES string of the molecule is COc1ccc(-c2n[nH]c(CNC(=O)c3cccc(Cl)n3)n2)cc1. The number of nitrogens with zero attached hydrogens (tertiary/aromatic N) is 3. The summed E-state index contributed by atoms with van der Waals surface area (Å²) in [6.07, 6.45) is 0. The van der Waals surface area contributed by atoms with Crippen LogP contribution < -0.4 is 10.1 Å². The molecule has 1 aromatic carbocycles. The molecule has 0 spiro atoms. The average Bonchev–Trinajstić information content (AvgIpc) is 3.09. The lowest BCUT2D eigenvalue weighted by molar-refractivity contribution is 0.0945. The van der Waals surface area contributed by atoms with Crippen molar-refractivity contribution in [1.82, 2.24) is 25.5 Å². The second kappa shape index (κ2) is 7.10. The van der Waals surface area contributed by atoms with Crippen LogP contribution in [-0.4, -0.2) is 33.2 Å². The van der Waals surface area contributed by atoms with E-state index >= 15 is 0 Å². The number of carbonyl (C=O) groups excluding carboxylic acids is 1. The quantitative estimate of drug-likeness (QED) is 0.694. The van der Waals surface area contributed by atoms with Gasteiger partial charge in [0.15, 0.2) is 5.82 Å². The van der Waals surface area contributed by atoms with Crippen LogP contribution in [0.3, 0.4) is 0 Å². The van der Waals surface area contributed by atoms with Crippen molar-refractivity contribution in [2.24, 2.45) is 0 Å². The molecule has 1 amide bonds. The molecular formula is C16H14ClN5O2. The summed E-state index contributed by atoms with van der Waals surface area (Å²) in [7, 11) is 1.61. The first-order valence-electron chi connectivity index (χ1n) is 7.12. The Hall–Kier alpha value is -2.93. The number of hydrogen-bond donors (Lipinski definition) is 2. The summed E-state index contributed by atoms with van der Waals surface area (Å²) in [5, 5.41) is 9.92. The summed E-state index contributed by atoms with van der Waals surface area (Å²) in [5.74, 6) is 1.51. The fourth-order valence-electron chi connectivity index (χ4n) is 2.03. The molecule has 2 heterocycles. The van der Waals surface area contributed by atoms with Gasteiger partial charge in [-0.1, -0.05) is 17.7 Å². The molecule has 3 aromatic rings. The first-order chi connectivity index (χ1) is 11.7. The topological polar surface area (TPSA) is 92.8 Å². The fraction of sp³-hybridized carbons (Fsp3) is 0.125. The largest absolute Gasteiger partial charge is 0.497 e. The lowest BCUT2D eigenvalue weighted by atomic mass is 10.2. The van der Waals surface area contributed by atoms with Crippen LogP contribution in [0.1, 0.15) is 16.3 Å². The number of halogens is 1. The van der Waals surface area contributed by atoms with Crippen molar-refractivity contribution in [1.29, 1.82) is 0 Å². The van der Waals surface area contributed by atoms with Gasteiger partial charge in [0.1, 0.15) is 22.4 Å². The molecule has 0 saturated heterocycles. The Balaban J connectivity index is 1.64. The smallest absolute Gasteiger partial charge is 0.270 e. The number of carbonyl (C=O) groups is 1. The lowest BCUT2D eigenvalue weighted by Crippen LogP contribution is -2.24. The Morgan fingerprint density at radius 2 is 2.00 bits per heavy atom. The highest BCUT2D eigenvalue weighted by molar-refractivity contribution is 6.29. The molecule has 0 unspecified atom stereocenters. The molecule has 7 nitrogen and oxygen atoms in total. The van der Waals surface area contributed by atoms with Gasteiger partial charge >= 0.3 is 0 Å². The van der Waals surface area contributed by atoms with E-state index in [1.54, 1.807) is 25.3 Å². The molecule has 0 aliphatic heterocycles. The molecule has 2 N–H and O–H groups in total. The Kier molecular flexibility index (Phi) is 4.72. The van der Waals surface area contributed by atoms with Crippen LogP contribution in [0.2, 0.25) is 5.15 Å². The lowest BCUT2D eigenvalue weighted by Gasteiger charge is -2.02. The zero-order valence-electron chi connectivity index (χ0n) is 12.8. The van der Waals surface area contributed by atoms with Crippen LogP contribution >= 0.6 is 11.6 Å². The highest BCUT2D eigenvalue weighted by Gasteiger charge is 2.10. The number of nitrogens with one attached hydrogen (secondary N) is 2. The first-order valence-corrected chi connectivity index (χ1v) is 7.50. The van der Waals surface area contributed by atoms with Gasteiger partial charge in [-0.25, -0.2) is 9.97 Å². The predicted molar refractivity (Wildman–Crippen MR) is 88.8 cm³/mol. The minimum absolute atomic E-state index is 0.205. The molecule has 0 fully saturated rings. The van der Waals surface area contributed by atoms with Crippen LogP contribution in [0, 0.1) is 0 Å². The van der Waals surface area contributed by atoms with E-state index in [4.69, 9.17) is 16.3 Å². The van der Waals surface area contributed by atoms with E-state index in [-0.39, 0.29) is 23.3 Å². The van der Waals surface area contributed by atoms with Gasteiger partial charge in [-0.3, -0.25) is 9.89 Å². The standard InChI is InChI=1S/C16H14ClN5O2/c1-24-11-7-5-10(6-8-11)15-20-14(21-22-15)9-18-16(23)12-3-2-4-13(17)19-12/h2-8H,9H2,1H3,(H,18,23)(H,20,21,22). The summed E-state index contributed by atoms with van der Waals surface area (Å²) in [6, 6.07) is 12.2. The number of ether oxygens (including phenoxy) is 1. The van der Waals surface area contributed by atoms with Crippen LogP contribution in [-0.2, 0) is 6.54 Å². The number of hydrogen-bond acceptors (Lipinski definition) is 5. The van der Waals surface area contributed by atoms with E-state index in [9.17, 15) is 4.79 Å². The van der Waals surface area contributed by atoms with E-state index in [0.29, 0.717) is 11.6 Å². The Labute approximate surface area is 143 Å². The van der Waals surface area contributed by atoms with Gasteiger partial charge in [0.2, 0.25) is 0 Å². The molecule has 0 aliphatic rings. The molecule has 0 bridgehead atoms. The normalized spacial score (nSPS) is 10.4. The fourth-order valence-corrected chi connectivity index (χ4v) is 2.20. The van der Waals surface area contributed by atoms with Gasteiger partial charge in [0.05, 0.1) is 13.7 Å². The monoisotopic (exact) mass is 343 g/mol. The maximum absolute atomic E-state index is 12.0. The van der Waals surface area contributed by atoms with Crippen LogP contribution in [0.5, 0.6) is 5.75 Å². The molecular weight excluding hydrogens is 330 g/mol. The van der Waals surface area contributed by atoms with E-state index in [1.165, 1.54) is 0 Å². The summed E-state index contributed by atoms with van der Waals surface area (Å²) < 4.78 is 5.11. The van der Waals surface area contributed by atoms with Gasteiger partial charge in [-0.15, -0.1) is 0 Å². The minimum atomic E-state index is -0.333. The highest BCUT2D eigenvalue weighted by atomic mass is 35.5. The van der Waals surface area contributed by atoms with E-state index in [0.717, 1.165) is 11.3 Å². The Morgan fingerprint density at radius 3 is 2.71 bits per heavy atom. The van der Waals surface area contributed by atoms with Gasteiger partial charge in [0.25, 0.3) is 5.91 Å². The number of pyridine rings is 1. The summed E-state index contributed by atoms with van der Waals surface area (Å²) >= 11 is 5.77. The van der Waals surface area contributed by atoms with Crippen molar-refractivity contribution in [3.05, 3.63) is 59.1 Å². The first kappa shape index (κ1) is 15.9. The second-order valence-corrected chi connectivity index (χ2v) is 5.25. The van der Waals surface area contributed by atoms with Gasteiger partial charge < -0.3 is 10.1 Å². The number of rotatable bonds is 5. The van der Waals surface area contributed by atoms with Crippen molar-refractivity contribution >= 4 is 17.5 Å².